The number of rotatable bonds is 5. The molecule has 0 spiro atoms. The lowest BCUT2D eigenvalue weighted by molar-refractivity contribution is -0.115. The molecule has 0 aromatic heterocycles. The van der Waals surface area contributed by atoms with Crippen molar-refractivity contribution in [3.8, 4) is 0 Å². The molecule has 2 rings (SSSR count). The molecule has 114 valence electrons. The quantitative estimate of drug-likeness (QED) is 0.780. The fourth-order valence-corrected chi connectivity index (χ4v) is 2.41. The molecule has 1 aliphatic rings. The predicted octanol–water partition coefficient (Wildman–Crippen LogP) is 2.53. The van der Waals surface area contributed by atoms with Crippen molar-refractivity contribution in [2.75, 3.05) is 23.7 Å². The van der Waals surface area contributed by atoms with Crippen LogP contribution in [-0.2, 0) is 17.6 Å². The van der Waals surface area contributed by atoms with Gasteiger partial charge in [0.25, 0.3) is 0 Å². The molecule has 0 fully saturated rings. The van der Waals surface area contributed by atoms with Crippen LogP contribution in [0.4, 0.5) is 11.4 Å². The Kier molecular flexibility index (Phi) is 5.20. The molecule has 3 N–H and O–H groups in total. The number of benzene rings is 1. The molecular weight excluding hydrogens is 264 g/mol. The fourth-order valence-electron chi connectivity index (χ4n) is 2.41. The lowest BCUT2D eigenvalue weighted by atomic mass is 10.0. The number of amides is 1. The summed E-state index contributed by atoms with van der Waals surface area (Å²) in [6.07, 6.45) is 2.29. The summed E-state index contributed by atoms with van der Waals surface area (Å²) in [5.41, 5.74) is 4.37. The Hall–Kier alpha value is -2.04. The van der Waals surface area contributed by atoms with Crippen molar-refractivity contribution in [2.24, 2.45) is 4.99 Å². The maximum absolute atomic E-state index is 11.6. The van der Waals surface area contributed by atoms with Gasteiger partial charge in [-0.1, -0.05) is 20.8 Å². The van der Waals surface area contributed by atoms with Crippen molar-refractivity contribution < 1.29 is 4.79 Å². The van der Waals surface area contributed by atoms with Gasteiger partial charge in [-0.25, -0.2) is 0 Å². The van der Waals surface area contributed by atoms with E-state index in [0.717, 1.165) is 43.3 Å². The Morgan fingerprint density at radius 3 is 2.38 bits per heavy atom. The van der Waals surface area contributed by atoms with Crippen LogP contribution in [0, 0.1) is 0 Å². The average Bonchev–Trinajstić information content (AvgIpc) is 3.01. The second-order valence-corrected chi connectivity index (χ2v) is 5.06. The van der Waals surface area contributed by atoms with Crippen molar-refractivity contribution >= 4 is 23.2 Å². The topological polar surface area (TPSA) is 65.5 Å². The second kappa shape index (κ2) is 7.11. The Morgan fingerprint density at radius 2 is 1.90 bits per heavy atom. The predicted molar refractivity (Wildman–Crippen MR) is 88.0 cm³/mol. The summed E-state index contributed by atoms with van der Waals surface area (Å²) in [5.74, 6) is 0.881. The summed E-state index contributed by atoms with van der Waals surface area (Å²) in [6, 6.07) is 4.09. The van der Waals surface area contributed by atoms with Crippen molar-refractivity contribution in [3.05, 3.63) is 23.3 Å². The molecule has 5 nitrogen and oxygen atoms in total. The third kappa shape index (κ3) is 3.74. The van der Waals surface area contributed by atoms with Crippen LogP contribution >= 0.6 is 0 Å². The summed E-state index contributed by atoms with van der Waals surface area (Å²) in [5, 5.41) is 9.58. The molecule has 0 saturated carbocycles. The van der Waals surface area contributed by atoms with Gasteiger partial charge in [0.15, 0.2) is 5.96 Å². The molecule has 5 heteroatoms. The van der Waals surface area contributed by atoms with Gasteiger partial charge >= 0.3 is 0 Å². The number of anilines is 2. The van der Waals surface area contributed by atoms with Gasteiger partial charge in [0.05, 0.1) is 6.54 Å². The number of aliphatic imine (C=N–C) groups is 1. The van der Waals surface area contributed by atoms with E-state index < -0.39 is 0 Å². The Balaban J connectivity index is 2.31. The van der Waals surface area contributed by atoms with Gasteiger partial charge in [-0.2, -0.15) is 0 Å². The first kappa shape index (κ1) is 15.4. The number of carbonyl (C=O) groups is 1. The highest BCUT2D eigenvalue weighted by atomic mass is 16.1. The first-order chi connectivity index (χ1) is 10.2. The minimum Gasteiger partial charge on any atom is -0.354 e. The molecule has 21 heavy (non-hydrogen) atoms. The lowest BCUT2D eigenvalue weighted by Crippen LogP contribution is -2.27. The van der Waals surface area contributed by atoms with Gasteiger partial charge in [0, 0.05) is 24.3 Å². The number of nitrogens with zero attached hydrogens (tertiary/aromatic N) is 1. The molecule has 1 heterocycles. The lowest BCUT2D eigenvalue weighted by Gasteiger charge is -2.18. The molecule has 0 bridgehead atoms. The van der Waals surface area contributed by atoms with Crippen LogP contribution in [0.15, 0.2) is 17.1 Å². The molecular formula is C16H24N4O. The van der Waals surface area contributed by atoms with Crippen LogP contribution in [0.25, 0.3) is 0 Å². The summed E-state index contributed by atoms with van der Waals surface area (Å²) in [7, 11) is 0. The van der Waals surface area contributed by atoms with Gasteiger partial charge in [-0.05, 0) is 36.1 Å². The zero-order valence-electron chi connectivity index (χ0n) is 13.0. The minimum absolute atomic E-state index is 0.0432. The largest absolute Gasteiger partial charge is 0.354 e. The smallest absolute Gasteiger partial charge is 0.224 e. The van der Waals surface area contributed by atoms with Gasteiger partial charge in [-0.3, -0.25) is 9.79 Å². The Bertz CT molecular complexity index is 526. The molecule has 1 amide bonds. The second-order valence-electron chi connectivity index (χ2n) is 5.06. The van der Waals surface area contributed by atoms with E-state index in [4.69, 9.17) is 0 Å². The molecule has 0 aliphatic carbocycles. The van der Waals surface area contributed by atoms with E-state index in [9.17, 15) is 4.79 Å². The highest BCUT2D eigenvalue weighted by molar-refractivity contribution is 5.97. The van der Waals surface area contributed by atoms with Crippen LogP contribution < -0.4 is 16.0 Å². The molecule has 0 saturated heterocycles. The summed E-state index contributed by atoms with van der Waals surface area (Å²) in [6.45, 7) is 7.80. The Morgan fingerprint density at radius 1 is 1.24 bits per heavy atom. The number of aryl methyl sites for hydroxylation is 2. The van der Waals surface area contributed by atoms with E-state index in [1.54, 1.807) is 0 Å². The summed E-state index contributed by atoms with van der Waals surface area (Å²) in [4.78, 5) is 16.0. The number of hydrogen-bond donors (Lipinski definition) is 3. The van der Waals surface area contributed by atoms with E-state index in [2.05, 4.69) is 34.8 Å². The summed E-state index contributed by atoms with van der Waals surface area (Å²) >= 11 is 0. The third-order valence-corrected chi connectivity index (χ3v) is 3.59. The van der Waals surface area contributed by atoms with E-state index >= 15 is 0 Å². The maximum Gasteiger partial charge on any atom is 0.224 e. The first-order valence-electron chi connectivity index (χ1n) is 7.68. The Labute approximate surface area is 126 Å². The van der Waals surface area contributed by atoms with Gasteiger partial charge in [-0.15, -0.1) is 0 Å². The number of nitrogens with one attached hydrogen (secondary N) is 3. The molecule has 1 aromatic carbocycles. The fraction of sp³-hybridized carbons (Fsp3) is 0.500. The summed E-state index contributed by atoms with van der Waals surface area (Å²) < 4.78 is 0. The zero-order chi connectivity index (χ0) is 15.2. The van der Waals surface area contributed by atoms with E-state index in [-0.39, 0.29) is 5.91 Å². The van der Waals surface area contributed by atoms with E-state index in [1.165, 1.54) is 11.1 Å². The van der Waals surface area contributed by atoms with Crippen LogP contribution in [0.5, 0.6) is 0 Å². The zero-order valence-corrected chi connectivity index (χ0v) is 13.0. The van der Waals surface area contributed by atoms with Crippen molar-refractivity contribution in [1.29, 1.82) is 0 Å². The maximum atomic E-state index is 11.6. The van der Waals surface area contributed by atoms with Crippen LogP contribution in [-0.4, -0.2) is 25.0 Å². The molecule has 1 aromatic rings. The van der Waals surface area contributed by atoms with Crippen LogP contribution in [0.3, 0.4) is 0 Å². The molecule has 1 aliphatic heterocycles. The standard InChI is InChI=1S/C16H24N4O/c1-4-11-9-13(19-14(21)6-3)10-12(5-2)15(11)20-16-17-7-8-18-16/h9-10H,4-8H2,1-3H3,(H,19,21)(H2,17,18,20). The normalized spacial score (nSPS) is 13.6. The first-order valence-corrected chi connectivity index (χ1v) is 7.68. The van der Waals surface area contributed by atoms with Gasteiger partial charge in [0.2, 0.25) is 5.91 Å². The third-order valence-electron chi connectivity index (χ3n) is 3.59. The number of guanidine groups is 1. The number of hydrogen-bond acceptors (Lipinski definition) is 4. The van der Waals surface area contributed by atoms with Crippen molar-refractivity contribution in [1.82, 2.24) is 5.32 Å². The molecule has 0 radical (unpaired) electrons. The average molecular weight is 288 g/mol. The van der Waals surface area contributed by atoms with Crippen molar-refractivity contribution in [2.45, 2.75) is 40.0 Å². The van der Waals surface area contributed by atoms with Crippen molar-refractivity contribution in [3.63, 3.8) is 0 Å². The molecule has 0 atom stereocenters. The monoisotopic (exact) mass is 288 g/mol. The highest BCUT2D eigenvalue weighted by Crippen LogP contribution is 2.27. The van der Waals surface area contributed by atoms with E-state index in [0.29, 0.717) is 6.42 Å². The molecule has 0 unspecified atom stereocenters. The van der Waals surface area contributed by atoms with E-state index in [1.807, 2.05) is 19.1 Å². The highest BCUT2D eigenvalue weighted by Gasteiger charge is 2.13. The van der Waals surface area contributed by atoms with Gasteiger partial charge in [0.1, 0.15) is 0 Å². The van der Waals surface area contributed by atoms with Crippen LogP contribution in [0.1, 0.15) is 38.3 Å². The minimum atomic E-state index is 0.0432. The number of carbonyl (C=O) groups excluding carboxylic acids is 1. The van der Waals surface area contributed by atoms with Gasteiger partial charge < -0.3 is 16.0 Å². The van der Waals surface area contributed by atoms with Crippen LogP contribution in [0.2, 0.25) is 0 Å². The SMILES string of the molecule is CCC(=O)Nc1cc(CC)c(NC2=NCCN2)c(CC)c1.